The molecule has 3 unspecified atom stereocenters. The number of hydrogen-bond donors (Lipinski definition) is 1. The van der Waals surface area contributed by atoms with Crippen LogP contribution in [-0.2, 0) is 0 Å². The molecule has 2 nitrogen and oxygen atoms in total. The second kappa shape index (κ2) is 5.11. The zero-order chi connectivity index (χ0) is 11.7. The highest BCUT2D eigenvalue weighted by Gasteiger charge is 2.40. The molecule has 0 bridgehead atoms. The summed E-state index contributed by atoms with van der Waals surface area (Å²) in [5, 5.41) is 3.78. The molecule has 1 saturated carbocycles. The summed E-state index contributed by atoms with van der Waals surface area (Å²) in [5.74, 6) is 2.86. The van der Waals surface area contributed by atoms with Crippen LogP contribution in [0.25, 0.3) is 0 Å². The van der Waals surface area contributed by atoms with E-state index < -0.39 is 0 Å². The standard InChI is InChI=1S/C15H26N2/c1-17-9-6-12(7-10-17)5-8-16-15-11-13-3-2-4-14(13)15/h2,4,12-16H,3,5-11H2,1H3. The van der Waals surface area contributed by atoms with Crippen LogP contribution in [-0.4, -0.2) is 37.6 Å². The molecule has 0 spiro atoms. The third-order valence-corrected chi connectivity index (χ3v) is 5.16. The number of fused-ring (bicyclic) bond motifs is 1. The van der Waals surface area contributed by atoms with Gasteiger partial charge in [-0.05, 0) is 76.5 Å². The van der Waals surface area contributed by atoms with E-state index in [1.54, 1.807) is 0 Å². The third-order valence-electron chi connectivity index (χ3n) is 5.16. The van der Waals surface area contributed by atoms with Crippen molar-refractivity contribution in [3.8, 4) is 0 Å². The lowest BCUT2D eigenvalue weighted by molar-refractivity contribution is 0.155. The predicted molar refractivity (Wildman–Crippen MR) is 72.0 cm³/mol. The Balaban J connectivity index is 1.32. The summed E-state index contributed by atoms with van der Waals surface area (Å²) in [4.78, 5) is 2.46. The monoisotopic (exact) mass is 234 g/mol. The van der Waals surface area contributed by atoms with Crippen LogP contribution >= 0.6 is 0 Å². The van der Waals surface area contributed by atoms with Crippen LogP contribution in [0.3, 0.4) is 0 Å². The molecule has 0 amide bonds. The van der Waals surface area contributed by atoms with E-state index in [9.17, 15) is 0 Å². The zero-order valence-electron chi connectivity index (χ0n) is 11.1. The molecule has 3 atom stereocenters. The summed E-state index contributed by atoms with van der Waals surface area (Å²) in [6.07, 6.45) is 11.8. The van der Waals surface area contributed by atoms with E-state index in [0.717, 1.165) is 23.8 Å². The van der Waals surface area contributed by atoms with E-state index in [4.69, 9.17) is 0 Å². The molecule has 1 heterocycles. The number of rotatable bonds is 4. The van der Waals surface area contributed by atoms with Gasteiger partial charge in [-0.15, -0.1) is 0 Å². The molecule has 17 heavy (non-hydrogen) atoms. The number of allylic oxidation sites excluding steroid dienone is 1. The first kappa shape index (κ1) is 11.7. The summed E-state index contributed by atoms with van der Waals surface area (Å²) >= 11 is 0. The van der Waals surface area contributed by atoms with Gasteiger partial charge in [0.15, 0.2) is 0 Å². The average molecular weight is 234 g/mol. The van der Waals surface area contributed by atoms with Crippen molar-refractivity contribution in [3.05, 3.63) is 12.2 Å². The van der Waals surface area contributed by atoms with Gasteiger partial charge in [-0.3, -0.25) is 0 Å². The second-order valence-corrected chi connectivity index (χ2v) is 6.33. The summed E-state index contributed by atoms with van der Waals surface area (Å²) in [5.41, 5.74) is 0. The number of likely N-dealkylation sites (tertiary alicyclic amines) is 1. The molecule has 96 valence electrons. The Labute approximate surface area is 105 Å². The van der Waals surface area contributed by atoms with Gasteiger partial charge in [0.1, 0.15) is 0 Å². The molecule has 0 aromatic carbocycles. The van der Waals surface area contributed by atoms with Crippen molar-refractivity contribution in [2.24, 2.45) is 17.8 Å². The molecule has 0 aromatic heterocycles. The fraction of sp³-hybridized carbons (Fsp3) is 0.867. The van der Waals surface area contributed by atoms with Gasteiger partial charge in [0.25, 0.3) is 0 Å². The minimum absolute atomic E-state index is 0.810. The van der Waals surface area contributed by atoms with Crippen LogP contribution in [0.1, 0.15) is 32.1 Å². The van der Waals surface area contributed by atoms with Gasteiger partial charge >= 0.3 is 0 Å². The average Bonchev–Trinajstić information content (AvgIpc) is 2.68. The first-order chi connectivity index (χ1) is 8.33. The van der Waals surface area contributed by atoms with Gasteiger partial charge in [-0.25, -0.2) is 0 Å². The van der Waals surface area contributed by atoms with Crippen molar-refractivity contribution < 1.29 is 0 Å². The van der Waals surface area contributed by atoms with E-state index >= 15 is 0 Å². The number of nitrogens with zero attached hydrogens (tertiary/aromatic N) is 1. The summed E-state index contributed by atoms with van der Waals surface area (Å²) in [7, 11) is 2.25. The van der Waals surface area contributed by atoms with E-state index in [1.165, 1.54) is 51.7 Å². The first-order valence-corrected chi connectivity index (χ1v) is 7.41. The molecule has 2 heteroatoms. The summed E-state index contributed by atoms with van der Waals surface area (Å²) in [6.45, 7) is 3.86. The number of nitrogens with one attached hydrogen (secondary N) is 1. The molecule has 3 aliphatic rings. The van der Waals surface area contributed by atoms with Gasteiger partial charge in [-0.2, -0.15) is 0 Å². The Kier molecular flexibility index (Phi) is 3.53. The molecule has 0 radical (unpaired) electrons. The van der Waals surface area contributed by atoms with Crippen molar-refractivity contribution in [3.63, 3.8) is 0 Å². The van der Waals surface area contributed by atoms with Crippen molar-refractivity contribution in [2.75, 3.05) is 26.7 Å². The summed E-state index contributed by atoms with van der Waals surface area (Å²) < 4.78 is 0. The number of piperidine rings is 1. The van der Waals surface area contributed by atoms with Crippen molar-refractivity contribution in [2.45, 2.75) is 38.1 Å². The lowest BCUT2D eigenvalue weighted by atomic mass is 9.71. The smallest absolute Gasteiger partial charge is 0.0136 e. The van der Waals surface area contributed by atoms with Gasteiger partial charge in [0.2, 0.25) is 0 Å². The topological polar surface area (TPSA) is 15.3 Å². The second-order valence-electron chi connectivity index (χ2n) is 6.33. The van der Waals surface area contributed by atoms with E-state index in [-0.39, 0.29) is 0 Å². The van der Waals surface area contributed by atoms with Crippen molar-refractivity contribution in [1.29, 1.82) is 0 Å². The van der Waals surface area contributed by atoms with Crippen molar-refractivity contribution >= 4 is 0 Å². The lowest BCUT2D eigenvalue weighted by Crippen LogP contribution is -2.48. The number of hydrogen-bond acceptors (Lipinski definition) is 2. The molecule has 1 N–H and O–H groups in total. The van der Waals surface area contributed by atoms with Gasteiger partial charge in [0.05, 0.1) is 0 Å². The quantitative estimate of drug-likeness (QED) is 0.751. The molecule has 2 aliphatic carbocycles. The van der Waals surface area contributed by atoms with Crippen LogP contribution in [0.2, 0.25) is 0 Å². The molecular formula is C15H26N2. The minimum Gasteiger partial charge on any atom is -0.313 e. The Bertz CT molecular complexity index is 279. The Morgan fingerprint density at radius 1 is 1.29 bits per heavy atom. The van der Waals surface area contributed by atoms with E-state index in [2.05, 4.69) is 29.4 Å². The van der Waals surface area contributed by atoms with Crippen LogP contribution in [0.15, 0.2) is 12.2 Å². The highest BCUT2D eigenvalue weighted by molar-refractivity contribution is 5.12. The molecule has 3 rings (SSSR count). The van der Waals surface area contributed by atoms with Crippen LogP contribution in [0.5, 0.6) is 0 Å². The highest BCUT2D eigenvalue weighted by atomic mass is 15.1. The molecule has 2 fully saturated rings. The zero-order valence-corrected chi connectivity index (χ0v) is 11.1. The molecule has 1 aliphatic heterocycles. The summed E-state index contributed by atoms with van der Waals surface area (Å²) in [6, 6.07) is 0.810. The van der Waals surface area contributed by atoms with E-state index in [1.807, 2.05) is 0 Å². The Morgan fingerprint density at radius 3 is 2.88 bits per heavy atom. The first-order valence-electron chi connectivity index (χ1n) is 7.41. The maximum Gasteiger partial charge on any atom is 0.0136 e. The lowest BCUT2D eigenvalue weighted by Gasteiger charge is -2.41. The van der Waals surface area contributed by atoms with Crippen LogP contribution in [0, 0.1) is 17.8 Å². The van der Waals surface area contributed by atoms with Crippen LogP contribution < -0.4 is 5.32 Å². The molecule has 0 aromatic rings. The SMILES string of the molecule is CN1CCC(CCNC2CC3CC=CC32)CC1. The van der Waals surface area contributed by atoms with E-state index in [0.29, 0.717) is 0 Å². The van der Waals surface area contributed by atoms with Gasteiger partial charge < -0.3 is 10.2 Å². The third kappa shape index (κ3) is 2.58. The normalized spacial score (nSPS) is 38.1. The maximum absolute atomic E-state index is 3.78. The van der Waals surface area contributed by atoms with Crippen molar-refractivity contribution in [1.82, 2.24) is 10.2 Å². The maximum atomic E-state index is 3.78. The predicted octanol–water partition coefficient (Wildman–Crippen LogP) is 2.27. The Morgan fingerprint density at radius 2 is 2.12 bits per heavy atom. The minimum atomic E-state index is 0.810. The highest BCUT2D eigenvalue weighted by Crippen LogP contribution is 2.42. The molecule has 1 saturated heterocycles. The van der Waals surface area contributed by atoms with Gasteiger partial charge in [0, 0.05) is 6.04 Å². The fourth-order valence-corrected chi connectivity index (χ4v) is 3.77. The molecular weight excluding hydrogens is 208 g/mol. The Hall–Kier alpha value is -0.340. The fourth-order valence-electron chi connectivity index (χ4n) is 3.77. The van der Waals surface area contributed by atoms with Crippen LogP contribution in [0.4, 0.5) is 0 Å². The van der Waals surface area contributed by atoms with Gasteiger partial charge in [-0.1, -0.05) is 12.2 Å². The largest absolute Gasteiger partial charge is 0.313 e.